The Hall–Kier alpha value is -3.45. The molecule has 1 aliphatic rings. The maximum Gasteiger partial charge on any atom is 0.267 e. The van der Waals surface area contributed by atoms with E-state index in [1.807, 2.05) is 50.2 Å². The van der Waals surface area contributed by atoms with Crippen LogP contribution in [0, 0.1) is 6.92 Å². The van der Waals surface area contributed by atoms with E-state index in [9.17, 15) is 9.59 Å². The maximum atomic E-state index is 13.4. The van der Waals surface area contributed by atoms with Crippen LogP contribution in [-0.2, 0) is 11.2 Å². The van der Waals surface area contributed by atoms with Crippen molar-refractivity contribution in [3.05, 3.63) is 93.9 Å². The van der Waals surface area contributed by atoms with Gasteiger partial charge < -0.3 is 5.32 Å². The van der Waals surface area contributed by atoms with Crippen LogP contribution in [0.1, 0.15) is 42.5 Å². The number of aryl methyl sites for hydroxylation is 2. The minimum atomic E-state index is -0.446. The van der Waals surface area contributed by atoms with Crippen LogP contribution in [0.3, 0.4) is 0 Å². The van der Waals surface area contributed by atoms with Crippen molar-refractivity contribution >= 4 is 28.6 Å². The number of benzene rings is 2. The molecule has 2 unspecified atom stereocenters. The summed E-state index contributed by atoms with van der Waals surface area (Å²) in [6.45, 7) is 3.80. The molecule has 0 saturated heterocycles. The van der Waals surface area contributed by atoms with Crippen LogP contribution in [0.25, 0.3) is 16.7 Å². The number of nitrogens with one attached hydrogen (secondary N) is 1. The smallest absolute Gasteiger partial charge is 0.267 e. The predicted octanol–water partition coefficient (Wildman–Crippen LogP) is 4.76. The molecule has 2 aromatic carbocycles. The molecule has 1 aliphatic carbocycles. The molecular formula is C27H26N4O2S. The summed E-state index contributed by atoms with van der Waals surface area (Å²) < 4.78 is 1.51. The van der Waals surface area contributed by atoms with Gasteiger partial charge in [0.05, 0.1) is 22.2 Å². The number of carbonyl (C=O) groups is 1. The van der Waals surface area contributed by atoms with Gasteiger partial charge in [-0.3, -0.25) is 9.59 Å². The third-order valence-electron chi connectivity index (χ3n) is 6.21. The molecule has 1 amide bonds. The molecule has 2 aromatic heterocycles. The van der Waals surface area contributed by atoms with Crippen LogP contribution in [0.5, 0.6) is 0 Å². The molecule has 2 atom stereocenters. The van der Waals surface area contributed by atoms with Gasteiger partial charge in [0.1, 0.15) is 5.82 Å². The van der Waals surface area contributed by atoms with Gasteiger partial charge >= 0.3 is 0 Å². The number of fused-ring (bicyclic) bond motifs is 2. The summed E-state index contributed by atoms with van der Waals surface area (Å²) in [4.78, 5) is 35.8. The maximum absolute atomic E-state index is 13.4. The van der Waals surface area contributed by atoms with Gasteiger partial charge in [0, 0.05) is 6.20 Å². The second-order valence-electron chi connectivity index (χ2n) is 8.66. The number of hydrogen-bond donors (Lipinski definition) is 1. The molecule has 4 aromatic rings. The first kappa shape index (κ1) is 22.3. The third-order valence-corrected chi connectivity index (χ3v) is 7.26. The van der Waals surface area contributed by atoms with Crippen LogP contribution < -0.4 is 10.9 Å². The number of hydrogen-bond acceptors (Lipinski definition) is 5. The number of carbonyl (C=O) groups excluding carboxylic acids is 1. The van der Waals surface area contributed by atoms with Crippen LogP contribution >= 0.6 is 11.8 Å². The molecule has 0 aliphatic heterocycles. The Morgan fingerprint density at radius 2 is 1.91 bits per heavy atom. The van der Waals surface area contributed by atoms with E-state index >= 15 is 0 Å². The Morgan fingerprint density at radius 1 is 1.12 bits per heavy atom. The van der Waals surface area contributed by atoms with E-state index in [4.69, 9.17) is 4.98 Å². The zero-order valence-electron chi connectivity index (χ0n) is 19.2. The minimum Gasteiger partial charge on any atom is -0.348 e. The molecule has 0 spiro atoms. The lowest BCUT2D eigenvalue weighted by Crippen LogP contribution is -2.36. The van der Waals surface area contributed by atoms with Crippen molar-refractivity contribution in [2.45, 2.75) is 49.6 Å². The summed E-state index contributed by atoms with van der Waals surface area (Å²) in [6, 6.07) is 19.3. The van der Waals surface area contributed by atoms with Crippen molar-refractivity contribution in [2.24, 2.45) is 0 Å². The van der Waals surface area contributed by atoms with Gasteiger partial charge in [-0.15, -0.1) is 0 Å². The van der Waals surface area contributed by atoms with Crippen LogP contribution in [0.4, 0.5) is 0 Å². The largest absolute Gasteiger partial charge is 0.348 e. The van der Waals surface area contributed by atoms with Gasteiger partial charge in [-0.1, -0.05) is 54.2 Å². The molecule has 6 nitrogen and oxygen atoms in total. The Labute approximate surface area is 202 Å². The normalized spacial score (nSPS) is 16.1. The number of rotatable bonds is 5. The molecule has 172 valence electrons. The third kappa shape index (κ3) is 4.35. The fourth-order valence-electron chi connectivity index (χ4n) is 4.39. The predicted molar refractivity (Wildman–Crippen MR) is 135 cm³/mol. The standard InChI is InChI=1S/C27H26N4O2S/c1-17-14-15-24(28-16-17)31-26(33)21-11-5-6-12-23(21)30-27(31)34-18(2)25(32)29-22-13-7-9-19-8-3-4-10-20(19)22/h3-6,8,10-12,14-16,18,22H,7,9,13H2,1-2H3,(H,29,32). The lowest BCUT2D eigenvalue weighted by atomic mass is 9.88. The fraction of sp³-hybridized carbons (Fsp3) is 0.259. The van der Waals surface area contributed by atoms with Gasteiger partial charge in [0.15, 0.2) is 5.16 Å². The summed E-state index contributed by atoms with van der Waals surface area (Å²) in [5.74, 6) is 0.419. The van der Waals surface area contributed by atoms with Gasteiger partial charge in [-0.2, -0.15) is 0 Å². The molecule has 34 heavy (non-hydrogen) atoms. The lowest BCUT2D eigenvalue weighted by molar-refractivity contribution is -0.121. The van der Waals surface area contributed by atoms with Gasteiger partial charge in [-0.25, -0.2) is 14.5 Å². The topological polar surface area (TPSA) is 76.9 Å². The highest BCUT2D eigenvalue weighted by atomic mass is 32.2. The van der Waals surface area contributed by atoms with Gasteiger partial charge in [0.2, 0.25) is 5.91 Å². The second-order valence-corrected chi connectivity index (χ2v) is 9.97. The molecule has 2 heterocycles. The number of aromatic nitrogens is 3. The Balaban J connectivity index is 1.46. The highest BCUT2D eigenvalue weighted by Crippen LogP contribution is 2.31. The second kappa shape index (κ2) is 9.43. The lowest BCUT2D eigenvalue weighted by Gasteiger charge is -2.27. The Bertz CT molecular complexity index is 1410. The van der Waals surface area contributed by atoms with E-state index in [-0.39, 0.29) is 17.5 Å². The molecule has 0 bridgehead atoms. The fourth-order valence-corrected chi connectivity index (χ4v) is 5.31. The van der Waals surface area contributed by atoms with Crippen molar-refractivity contribution in [3.63, 3.8) is 0 Å². The van der Waals surface area contributed by atoms with Crippen LogP contribution in [0.15, 0.2) is 76.8 Å². The molecular weight excluding hydrogens is 444 g/mol. The average molecular weight is 471 g/mol. The van der Waals surface area contributed by atoms with E-state index in [0.717, 1.165) is 24.8 Å². The van der Waals surface area contributed by atoms with Gasteiger partial charge in [0.25, 0.3) is 5.56 Å². The highest BCUT2D eigenvalue weighted by molar-refractivity contribution is 8.00. The molecule has 0 saturated carbocycles. The summed E-state index contributed by atoms with van der Waals surface area (Å²) in [5, 5.41) is 3.75. The van der Waals surface area contributed by atoms with Gasteiger partial charge in [-0.05, 0) is 68.0 Å². The van der Waals surface area contributed by atoms with Crippen molar-refractivity contribution in [3.8, 4) is 5.82 Å². The summed E-state index contributed by atoms with van der Waals surface area (Å²) in [5.41, 5.74) is 3.91. The van der Waals surface area contributed by atoms with E-state index in [1.54, 1.807) is 18.3 Å². The summed E-state index contributed by atoms with van der Waals surface area (Å²) in [7, 11) is 0. The number of nitrogens with zero attached hydrogens (tertiary/aromatic N) is 3. The minimum absolute atomic E-state index is 0.00557. The van der Waals surface area contributed by atoms with Crippen LogP contribution in [-0.4, -0.2) is 25.7 Å². The molecule has 5 rings (SSSR count). The highest BCUT2D eigenvalue weighted by Gasteiger charge is 2.26. The number of thioether (sulfide) groups is 1. The molecule has 1 N–H and O–H groups in total. The van der Waals surface area contributed by atoms with Crippen molar-refractivity contribution < 1.29 is 4.79 Å². The summed E-state index contributed by atoms with van der Waals surface area (Å²) >= 11 is 1.28. The summed E-state index contributed by atoms with van der Waals surface area (Å²) in [6.07, 6.45) is 4.74. The van der Waals surface area contributed by atoms with Crippen molar-refractivity contribution in [1.82, 2.24) is 19.9 Å². The number of amides is 1. The SMILES string of the molecule is Cc1ccc(-n2c(SC(C)C(=O)NC3CCCc4ccccc43)nc3ccccc3c2=O)nc1. The molecule has 7 heteroatoms. The first-order chi connectivity index (χ1) is 16.5. The first-order valence-electron chi connectivity index (χ1n) is 11.5. The van der Waals surface area contributed by atoms with E-state index in [2.05, 4.69) is 22.4 Å². The van der Waals surface area contributed by atoms with E-state index in [1.165, 1.54) is 27.5 Å². The first-order valence-corrected chi connectivity index (χ1v) is 12.4. The van der Waals surface area contributed by atoms with Crippen molar-refractivity contribution in [2.75, 3.05) is 0 Å². The van der Waals surface area contributed by atoms with E-state index in [0.29, 0.717) is 21.9 Å². The Kier molecular flexibility index (Phi) is 6.20. The monoisotopic (exact) mass is 470 g/mol. The Morgan fingerprint density at radius 3 is 2.74 bits per heavy atom. The molecule has 0 radical (unpaired) electrons. The van der Waals surface area contributed by atoms with Crippen molar-refractivity contribution in [1.29, 1.82) is 0 Å². The average Bonchev–Trinajstić information content (AvgIpc) is 2.85. The quantitative estimate of drug-likeness (QED) is 0.336. The van der Waals surface area contributed by atoms with E-state index < -0.39 is 5.25 Å². The number of para-hydroxylation sites is 1. The number of pyridine rings is 1. The molecule has 0 fully saturated rings. The zero-order valence-corrected chi connectivity index (χ0v) is 20.0. The zero-order chi connectivity index (χ0) is 23.7. The van der Waals surface area contributed by atoms with Crippen LogP contribution in [0.2, 0.25) is 0 Å².